The summed E-state index contributed by atoms with van der Waals surface area (Å²) in [5.41, 5.74) is 2.29. The summed E-state index contributed by atoms with van der Waals surface area (Å²) in [5, 5.41) is 10.0. The summed E-state index contributed by atoms with van der Waals surface area (Å²) >= 11 is 0. The molecule has 1 atom stereocenters. The van der Waals surface area contributed by atoms with Gasteiger partial charge in [0, 0.05) is 6.61 Å². The summed E-state index contributed by atoms with van der Waals surface area (Å²) in [5.74, 6) is 1.42. The van der Waals surface area contributed by atoms with Gasteiger partial charge in [-0.1, -0.05) is 38.1 Å². The highest BCUT2D eigenvalue weighted by Crippen LogP contribution is 2.29. The van der Waals surface area contributed by atoms with Gasteiger partial charge in [-0.15, -0.1) is 0 Å². The Morgan fingerprint density at radius 2 is 1.89 bits per heavy atom. The van der Waals surface area contributed by atoms with E-state index >= 15 is 0 Å². The molecule has 18 heavy (non-hydrogen) atoms. The first-order valence-electron chi connectivity index (χ1n) is 7.00. The SMILES string of the molecule is CC(C)Cc1ccc(C(O)COCC2CC2)cc1. The van der Waals surface area contributed by atoms with Crippen LogP contribution in [0.4, 0.5) is 0 Å². The van der Waals surface area contributed by atoms with E-state index in [9.17, 15) is 5.11 Å². The first kappa shape index (κ1) is 13.6. The van der Waals surface area contributed by atoms with Crippen LogP contribution in [0.25, 0.3) is 0 Å². The monoisotopic (exact) mass is 248 g/mol. The highest BCUT2D eigenvalue weighted by molar-refractivity contribution is 5.24. The zero-order valence-corrected chi connectivity index (χ0v) is 11.4. The third kappa shape index (κ3) is 4.43. The molecule has 0 bridgehead atoms. The maximum Gasteiger partial charge on any atom is 0.102 e. The lowest BCUT2D eigenvalue weighted by Gasteiger charge is -2.12. The van der Waals surface area contributed by atoms with Gasteiger partial charge in [0.05, 0.1) is 6.61 Å². The molecule has 2 rings (SSSR count). The van der Waals surface area contributed by atoms with E-state index in [1.54, 1.807) is 0 Å². The molecule has 0 spiro atoms. The second-order valence-corrected chi connectivity index (χ2v) is 5.84. The van der Waals surface area contributed by atoms with Gasteiger partial charge in [-0.25, -0.2) is 0 Å². The van der Waals surface area contributed by atoms with Crippen molar-refractivity contribution in [2.45, 2.75) is 39.2 Å². The van der Waals surface area contributed by atoms with Crippen molar-refractivity contribution in [1.82, 2.24) is 0 Å². The summed E-state index contributed by atoms with van der Waals surface area (Å²) < 4.78 is 5.52. The molecule has 0 radical (unpaired) electrons. The minimum Gasteiger partial charge on any atom is -0.386 e. The van der Waals surface area contributed by atoms with Crippen LogP contribution in [0.5, 0.6) is 0 Å². The predicted molar refractivity (Wildman–Crippen MR) is 73.5 cm³/mol. The van der Waals surface area contributed by atoms with Gasteiger partial charge < -0.3 is 9.84 Å². The van der Waals surface area contributed by atoms with Crippen molar-refractivity contribution in [3.63, 3.8) is 0 Å². The quantitative estimate of drug-likeness (QED) is 0.802. The number of rotatable bonds is 7. The highest BCUT2D eigenvalue weighted by atomic mass is 16.5. The lowest BCUT2D eigenvalue weighted by molar-refractivity contribution is 0.0315. The average molecular weight is 248 g/mol. The fourth-order valence-electron chi connectivity index (χ4n) is 2.07. The predicted octanol–water partition coefficient (Wildman–Crippen LogP) is 3.35. The van der Waals surface area contributed by atoms with Crippen molar-refractivity contribution in [1.29, 1.82) is 0 Å². The molecule has 1 aliphatic rings. The normalized spacial score (nSPS) is 17.1. The van der Waals surface area contributed by atoms with E-state index in [0.717, 1.165) is 24.5 Å². The molecule has 1 N–H and O–H groups in total. The number of aliphatic hydroxyl groups excluding tert-OH is 1. The number of ether oxygens (including phenoxy) is 1. The molecule has 100 valence electrons. The van der Waals surface area contributed by atoms with E-state index in [-0.39, 0.29) is 0 Å². The summed E-state index contributed by atoms with van der Waals surface area (Å²) in [4.78, 5) is 0. The van der Waals surface area contributed by atoms with Gasteiger partial charge in [0.2, 0.25) is 0 Å². The standard InChI is InChI=1S/C16H24O2/c1-12(2)9-13-5-7-15(8-6-13)16(17)11-18-10-14-3-4-14/h5-8,12,14,16-17H,3-4,9-11H2,1-2H3. The van der Waals surface area contributed by atoms with Crippen molar-refractivity contribution in [2.24, 2.45) is 11.8 Å². The summed E-state index contributed by atoms with van der Waals surface area (Å²) in [6.07, 6.45) is 3.19. The molecule has 1 unspecified atom stereocenters. The molecule has 0 aromatic heterocycles. The molecule has 0 amide bonds. The van der Waals surface area contributed by atoms with Crippen LogP contribution in [0.2, 0.25) is 0 Å². The van der Waals surface area contributed by atoms with Crippen LogP contribution in [0, 0.1) is 11.8 Å². The van der Waals surface area contributed by atoms with Crippen LogP contribution in [-0.2, 0) is 11.2 Å². The maximum atomic E-state index is 10.0. The van der Waals surface area contributed by atoms with Gasteiger partial charge in [-0.2, -0.15) is 0 Å². The summed E-state index contributed by atoms with van der Waals surface area (Å²) in [7, 11) is 0. The van der Waals surface area contributed by atoms with Crippen LogP contribution in [0.15, 0.2) is 24.3 Å². The second-order valence-electron chi connectivity index (χ2n) is 5.84. The van der Waals surface area contributed by atoms with Crippen LogP contribution in [0.3, 0.4) is 0 Å². The van der Waals surface area contributed by atoms with Crippen LogP contribution in [-0.4, -0.2) is 18.3 Å². The van der Waals surface area contributed by atoms with Crippen LogP contribution >= 0.6 is 0 Å². The van der Waals surface area contributed by atoms with E-state index in [4.69, 9.17) is 4.74 Å². The third-order valence-electron chi connectivity index (χ3n) is 3.33. The van der Waals surface area contributed by atoms with Crippen molar-refractivity contribution < 1.29 is 9.84 Å². The molecule has 0 saturated heterocycles. The Kier molecular flexibility index (Phi) is 4.79. The molecule has 1 fully saturated rings. The van der Waals surface area contributed by atoms with Crippen molar-refractivity contribution in [3.05, 3.63) is 35.4 Å². The molecular formula is C16H24O2. The lowest BCUT2D eigenvalue weighted by Crippen LogP contribution is -2.09. The molecule has 0 heterocycles. The highest BCUT2D eigenvalue weighted by Gasteiger charge is 2.21. The van der Waals surface area contributed by atoms with Crippen molar-refractivity contribution in [2.75, 3.05) is 13.2 Å². The van der Waals surface area contributed by atoms with E-state index < -0.39 is 6.10 Å². The fourth-order valence-corrected chi connectivity index (χ4v) is 2.07. The Hall–Kier alpha value is -0.860. The Bertz CT molecular complexity index is 352. The van der Waals surface area contributed by atoms with E-state index in [1.165, 1.54) is 18.4 Å². The first-order valence-corrected chi connectivity index (χ1v) is 7.00. The van der Waals surface area contributed by atoms with Crippen LogP contribution < -0.4 is 0 Å². The van der Waals surface area contributed by atoms with Gasteiger partial charge in [0.15, 0.2) is 0 Å². The Labute approximate surface area is 110 Å². The largest absolute Gasteiger partial charge is 0.386 e. The second kappa shape index (κ2) is 6.35. The molecule has 1 aliphatic carbocycles. The van der Waals surface area contributed by atoms with Gasteiger partial charge in [-0.05, 0) is 42.2 Å². The lowest BCUT2D eigenvalue weighted by atomic mass is 10.0. The topological polar surface area (TPSA) is 29.5 Å². The number of hydrogen-bond acceptors (Lipinski definition) is 2. The minimum absolute atomic E-state index is 0.417. The average Bonchev–Trinajstić information content (AvgIpc) is 3.13. The summed E-state index contributed by atoms with van der Waals surface area (Å²) in [6.45, 7) is 5.66. The Balaban J connectivity index is 1.79. The van der Waals surface area contributed by atoms with Gasteiger partial charge in [0.1, 0.15) is 6.10 Å². The molecule has 1 aromatic rings. The zero-order valence-electron chi connectivity index (χ0n) is 11.4. The molecule has 0 aliphatic heterocycles. The molecule has 2 nitrogen and oxygen atoms in total. The minimum atomic E-state index is -0.489. The fraction of sp³-hybridized carbons (Fsp3) is 0.625. The van der Waals surface area contributed by atoms with Crippen molar-refractivity contribution in [3.8, 4) is 0 Å². The van der Waals surface area contributed by atoms with Gasteiger partial charge in [-0.3, -0.25) is 0 Å². The van der Waals surface area contributed by atoms with E-state index in [1.807, 2.05) is 12.1 Å². The number of hydrogen-bond donors (Lipinski definition) is 1. The van der Waals surface area contributed by atoms with Crippen molar-refractivity contribution >= 4 is 0 Å². The van der Waals surface area contributed by atoms with E-state index in [0.29, 0.717) is 12.5 Å². The summed E-state index contributed by atoms with van der Waals surface area (Å²) in [6, 6.07) is 8.25. The number of aliphatic hydroxyl groups is 1. The molecule has 1 aromatic carbocycles. The molecular weight excluding hydrogens is 224 g/mol. The first-order chi connectivity index (χ1) is 8.65. The van der Waals surface area contributed by atoms with Crippen LogP contribution in [0.1, 0.15) is 43.9 Å². The smallest absolute Gasteiger partial charge is 0.102 e. The number of benzene rings is 1. The molecule has 2 heteroatoms. The van der Waals surface area contributed by atoms with E-state index in [2.05, 4.69) is 26.0 Å². The maximum absolute atomic E-state index is 10.0. The molecule has 1 saturated carbocycles. The van der Waals surface area contributed by atoms with Gasteiger partial charge in [0.25, 0.3) is 0 Å². The Morgan fingerprint density at radius 1 is 1.22 bits per heavy atom. The third-order valence-corrected chi connectivity index (χ3v) is 3.33. The zero-order chi connectivity index (χ0) is 13.0. The Morgan fingerprint density at radius 3 is 2.44 bits per heavy atom. The van der Waals surface area contributed by atoms with Gasteiger partial charge >= 0.3 is 0 Å².